The van der Waals surface area contributed by atoms with Crippen molar-refractivity contribution in [2.45, 2.75) is 76.9 Å². The zero-order valence-corrected chi connectivity index (χ0v) is 23.6. The third-order valence-electron chi connectivity index (χ3n) is 7.09. The lowest BCUT2D eigenvalue weighted by Crippen LogP contribution is -2.47. The van der Waals surface area contributed by atoms with Gasteiger partial charge in [-0.3, -0.25) is 0 Å². The van der Waals surface area contributed by atoms with E-state index in [9.17, 15) is 5.11 Å². The molecule has 10 heteroatoms. The summed E-state index contributed by atoms with van der Waals surface area (Å²) in [6, 6.07) is 9.16. The van der Waals surface area contributed by atoms with Gasteiger partial charge < -0.3 is 24.2 Å². The van der Waals surface area contributed by atoms with Crippen LogP contribution in [-0.4, -0.2) is 77.0 Å². The molecule has 37 heavy (non-hydrogen) atoms. The fourth-order valence-electron chi connectivity index (χ4n) is 4.46. The number of nitrogens with zero attached hydrogens (tertiary/aromatic N) is 5. The SMILES string of the molecule is CC(O)[C@@H]1CN(c2cc(-c3c4cc(OC5(C)CC5)ccc4nn3COCC[Si](C)(C)C)ncn2)CCO1. The minimum atomic E-state index is -1.20. The van der Waals surface area contributed by atoms with E-state index in [-0.39, 0.29) is 11.7 Å². The molecule has 1 N–H and O–H groups in total. The van der Waals surface area contributed by atoms with Crippen LogP contribution in [0.25, 0.3) is 22.3 Å². The van der Waals surface area contributed by atoms with Crippen LogP contribution >= 0.6 is 0 Å². The van der Waals surface area contributed by atoms with Crippen molar-refractivity contribution in [3.8, 4) is 17.1 Å². The lowest BCUT2D eigenvalue weighted by molar-refractivity contribution is -0.0366. The van der Waals surface area contributed by atoms with Crippen molar-refractivity contribution in [3.05, 3.63) is 30.6 Å². The van der Waals surface area contributed by atoms with Gasteiger partial charge in [0.15, 0.2) is 0 Å². The van der Waals surface area contributed by atoms with Crippen LogP contribution in [0.1, 0.15) is 26.7 Å². The number of hydrogen-bond donors (Lipinski definition) is 1. The van der Waals surface area contributed by atoms with Gasteiger partial charge in [0.05, 0.1) is 29.6 Å². The average Bonchev–Trinajstić information content (AvgIpc) is 3.47. The highest BCUT2D eigenvalue weighted by atomic mass is 28.3. The summed E-state index contributed by atoms with van der Waals surface area (Å²) in [5.41, 5.74) is 2.47. The highest BCUT2D eigenvalue weighted by Gasteiger charge is 2.40. The molecular formula is C27H39N5O4Si. The Morgan fingerprint density at radius 2 is 2.03 bits per heavy atom. The highest BCUT2D eigenvalue weighted by molar-refractivity contribution is 6.76. The molecule has 2 atom stereocenters. The Bertz CT molecular complexity index is 1240. The largest absolute Gasteiger partial charge is 0.488 e. The molecule has 1 aliphatic carbocycles. The van der Waals surface area contributed by atoms with Crippen LogP contribution in [0, 0.1) is 0 Å². The van der Waals surface area contributed by atoms with E-state index in [1.807, 2.05) is 22.9 Å². The Balaban J connectivity index is 1.48. The molecule has 0 bridgehead atoms. The first kappa shape index (κ1) is 26.1. The molecule has 0 spiro atoms. The number of aliphatic hydroxyl groups is 1. The van der Waals surface area contributed by atoms with Crippen molar-refractivity contribution in [1.29, 1.82) is 0 Å². The Morgan fingerprint density at radius 3 is 2.76 bits per heavy atom. The van der Waals surface area contributed by atoms with E-state index in [2.05, 4.69) is 47.5 Å². The number of aliphatic hydroxyl groups excluding tert-OH is 1. The number of anilines is 1. The van der Waals surface area contributed by atoms with Crippen molar-refractivity contribution in [2.75, 3.05) is 31.2 Å². The number of aromatic nitrogens is 4. The van der Waals surface area contributed by atoms with Gasteiger partial charge in [0.1, 0.15) is 36.3 Å². The quantitative estimate of drug-likeness (QED) is 0.309. The molecule has 0 amide bonds. The van der Waals surface area contributed by atoms with E-state index in [0.29, 0.717) is 33.0 Å². The van der Waals surface area contributed by atoms with Crippen molar-refractivity contribution in [2.24, 2.45) is 0 Å². The summed E-state index contributed by atoms with van der Waals surface area (Å²) >= 11 is 0. The molecule has 1 saturated heterocycles. The highest BCUT2D eigenvalue weighted by Crippen LogP contribution is 2.41. The molecule has 2 fully saturated rings. The van der Waals surface area contributed by atoms with Crippen LogP contribution in [0.4, 0.5) is 5.82 Å². The maximum absolute atomic E-state index is 10.0. The monoisotopic (exact) mass is 525 g/mol. The number of fused-ring (bicyclic) bond motifs is 1. The molecule has 1 saturated carbocycles. The maximum atomic E-state index is 10.0. The van der Waals surface area contributed by atoms with Crippen LogP contribution in [0.3, 0.4) is 0 Å². The zero-order chi connectivity index (χ0) is 26.2. The van der Waals surface area contributed by atoms with Crippen molar-refractivity contribution in [1.82, 2.24) is 19.7 Å². The zero-order valence-electron chi connectivity index (χ0n) is 22.6. The number of benzene rings is 1. The Kier molecular flexibility index (Phi) is 7.28. The smallest absolute Gasteiger partial charge is 0.140 e. The standard InChI is InChI=1S/C27H39N5O4Si/c1-19(33)24-16-31(10-11-35-24)25-15-23(28-17-29-25)26-21-14-20(36-27(2)8-9-27)6-7-22(21)30-32(26)18-34-12-13-37(3,4)5/h6-7,14-15,17,19,24,33H,8-13,16,18H2,1-5H3/t19?,24-/m0/s1. The molecule has 2 aromatic heterocycles. The van der Waals surface area contributed by atoms with Gasteiger partial charge in [0, 0.05) is 39.2 Å². The van der Waals surface area contributed by atoms with Crippen LogP contribution in [0.2, 0.25) is 25.7 Å². The number of rotatable bonds is 10. The molecule has 1 aromatic carbocycles. The molecule has 1 unspecified atom stereocenters. The molecule has 200 valence electrons. The first-order valence-corrected chi connectivity index (χ1v) is 17.0. The summed E-state index contributed by atoms with van der Waals surface area (Å²) in [5.74, 6) is 1.65. The second-order valence-corrected chi connectivity index (χ2v) is 17.4. The fraction of sp³-hybridized carbons (Fsp3) is 0.593. The van der Waals surface area contributed by atoms with Crippen molar-refractivity contribution < 1.29 is 19.3 Å². The predicted molar refractivity (Wildman–Crippen MR) is 147 cm³/mol. The summed E-state index contributed by atoms with van der Waals surface area (Å²) in [6.07, 6.45) is 2.95. The van der Waals surface area contributed by atoms with E-state index in [1.54, 1.807) is 13.3 Å². The van der Waals surface area contributed by atoms with Gasteiger partial charge >= 0.3 is 0 Å². The number of hydrogen-bond acceptors (Lipinski definition) is 8. The lowest BCUT2D eigenvalue weighted by atomic mass is 10.1. The van der Waals surface area contributed by atoms with Crippen LogP contribution in [0.15, 0.2) is 30.6 Å². The van der Waals surface area contributed by atoms with Gasteiger partial charge in [-0.1, -0.05) is 19.6 Å². The van der Waals surface area contributed by atoms with Crippen molar-refractivity contribution in [3.63, 3.8) is 0 Å². The van der Waals surface area contributed by atoms with Crippen LogP contribution in [-0.2, 0) is 16.2 Å². The first-order chi connectivity index (χ1) is 17.6. The normalized spacial score (nSPS) is 20.3. The van der Waals surface area contributed by atoms with E-state index in [1.165, 1.54) is 0 Å². The van der Waals surface area contributed by atoms with Gasteiger partial charge in [-0.2, -0.15) is 5.10 Å². The predicted octanol–water partition coefficient (Wildman–Crippen LogP) is 4.32. The molecule has 5 rings (SSSR count). The van der Waals surface area contributed by atoms with E-state index < -0.39 is 14.2 Å². The Hall–Kier alpha value is -2.53. The summed E-state index contributed by atoms with van der Waals surface area (Å²) in [4.78, 5) is 11.3. The maximum Gasteiger partial charge on any atom is 0.140 e. The average molecular weight is 526 g/mol. The summed E-state index contributed by atoms with van der Waals surface area (Å²) < 4.78 is 20.0. The molecule has 0 radical (unpaired) electrons. The summed E-state index contributed by atoms with van der Waals surface area (Å²) in [7, 11) is -1.20. The van der Waals surface area contributed by atoms with E-state index in [4.69, 9.17) is 19.3 Å². The van der Waals surface area contributed by atoms with Gasteiger partial charge in [-0.15, -0.1) is 0 Å². The molecule has 3 heterocycles. The lowest BCUT2D eigenvalue weighted by Gasteiger charge is -2.35. The summed E-state index contributed by atoms with van der Waals surface area (Å²) in [5, 5.41) is 15.9. The van der Waals surface area contributed by atoms with E-state index >= 15 is 0 Å². The second kappa shape index (κ2) is 10.3. The number of morpholine rings is 1. The summed E-state index contributed by atoms with van der Waals surface area (Å²) in [6.45, 7) is 13.8. The van der Waals surface area contributed by atoms with Crippen LogP contribution in [0.5, 0.6) is 5.75 Å². The molecular weight excluding hydrogens is 486 g/mol. The Morgan fingerprint density at radius 1 is 1.22 bits per heavy atom. The van der Waals surface area contributed by atoms with Gasteiger partial charge in [-0.05, 0) is 50.9 Å². The third kappa shape index (κ3) is 6.31. The molecule has 1 aliphatic heterocycles. The van der Waals surface area contributed by atoms with Gasteiger partial charge in [0.25, 0.3) is 0 Å². The Labute approximate surface area is 219 Å². The van der Waals surface area contributed by atoms with Gasteiger partial charge in [-0.25, -0.2) is 14.6 Å². The fourth-order valence-corrected chi connectivity index (χ4v) is 5.21. The third-order valence-corrected chi connectivity index (χ3v) is 8.79. The van der Waals surface area contributed by atoms with Gasteiger partial charge in [0.2, 0.25) is 0 Å². The van der Waals surface area contributed by atoms with Crippen LogP contribution < -0.4 is 9.64 Å². The first-order valence-electron chi connectivity index (χ1n) is 13.2. The molecule has 2 aliphatic rings. The molecule has 3 aromatic rings. The minimum Gasteiger partial charge on any atom is -0.488 e. The van der Waals surface area contributed by atoms with Crippen molar-refractivity contribution >= 4 is 24.8 Å². The topological polar surface area (TPSA) is 94.8 Å². The van der Waals surface area contributed by atoms with E-state index in [0.717, 1.165) is 52.7 Å². The minimum absolute atomic E-state index is 0.0669. The number of ether oxygens (including phenoxy) is 3. The molecule has 9 nitrogen and oxygen atoms in total. The second-order valence-electron chi connectivity index (χ2n) is 11.8.